The minimum atomic E-state index is -4.43. The molecule has 6 heteroatoms. The third-order valence-electron chi connectivity index (χ3n) is 8.58. The third-order valence-corrected chi connectivity index (χ3v) is 8.58. The topological polar surface area (TPSA) is 53.4 Å². The predicted molar refractivity (Wildman–Crippen MR) is 129 cm³/mol. The van der Waals surface area contributed by atoms with E-state index in [0.717, 1.165) is 79.6 Å². The Labute approximate surface area is 205 Å². The highest BCUT2D eigenvalue weighted by Crippen LogP contribution is 2.55. The number of hydrogen-bond acceptors (Lipinski definition) is 3. The summed E-state index contributed by atoms with van der Waals surface area (Å²) in [4.78, 5) is 5.17. The van der Waals surface area contributed by atoms with Gasteiger partial charge in [0.15, 0.2) is 0 Å². The molecule has 5 rings (SSSR count). The lowest BCUT2D eigenvalue weighted by Crippen LogP contribution is -2.38. The summed E-state index contributed by atoms with van der Waals surface area (Å²) in [6.45, 7) is 3.87. The van der Waals surface area contributed by atoms with Gasteiger partial charge in [-0.15, -0.1) is 6.58 Å². The van der Waals surface area contributed by atoms with Gasteiger partial charge in [-0.1, -0.05) is 37.5 Å². The van der Waals surface area contributed by atoms with Gasteiger partial charge in [-0.3, -0.25) is 4.98 Å². The van der Waals surface area contributed by atoms with Crippen molar-refractivity contribution in [3.8, 4) is 0 Å². The van der Waals surface area contributed by atoms with Gasteiger partial charge in [0, 0.05) is 22.7 Å². The molecule has 0 radical (unpaired) electrons. The zero-order valence-electron chi connectivity index (χ0n) is 20.1. The number of benzene rings is 1. The van der Waals surface area contributed by atoms with Gasteiger partial charge in [-0.05, 0) is 80.0 Å². The molecule has 2 N–H and O–H groups in total. The Hall–Kier alpha value is -2.18. The minimum absolute atomic E-state index is 0.135. The number of aromatic nitrogens is 1. The Bertz CT molecular complexity index is 1080. The first-order valence-corrected chi connectivity index (χ1v) is 12.9. The van der Waals surface area contributed by atoms with Crippen LogP contribution in [0.4, 0.5) is 13.2 Å². The molecule has 1 aromatic carbocycles. The molecule has 2 aromatic rings. The van der Waals surface area contributed by atoms with Crippen LogP contribution in [0.15, 0.2) is 36.9 Å². The molecule has 188 valence electrons. The smallest absolute Gasteiger partial charge is 0.388 e. The van der Waals surface area contributed by atoms with E-state index in [9.17, 15) is 23.4 Å². The third kappa shape index (κ3) is 4.55. The number of fused-ring (bicyclic) bond motifs is 1. The van der Waals surface area contributed by atoms with Crippen LogP contribution in [0.5, 0.6) is 0 Å². The lowest BCUT2D eigenvalue weighted by Gasteiger charge is -2.47. The highest BCUT2D eigenvalue weighted by Gasteiger charge is 2.45. The maximum atomic E-state index is 13.1. The molecule has 2 saturated carbocycles. The minimum Gasteiger partial charge on any atom is -0.388 e. The van der Waals surface area contributed by atoms with Gasteiger partial charge >= 0.3 is 6.18 Å². The van der Waals surface area contributed by atoms with Gasteiger partial charge in [0.1, 0.15) is 6.10 Å². The summed E-state index contributed by atoms with van der Waals surface area (Å²) in [6.07, 6.45) is 6.15. The predicted octanol–water partition coefficient (Wildman–Crippen LogP) is 7.11. The number of allylic oxidation sites excluding steroid dienone is 1. The van der Waals surface area contributed by atoms with Gasteiger partial charge < -0.3 is 10.2 Å². The van der Waals surface area contributed by atoms with Gasteiger partial charge in [0.05, 0.1) is 17.4 Å². The highest BCUT2D eigenvalue weighted by molar-refractivity contribution is 5.49. The molecule has 1 heterocycles. The normalized spacial score (nSPS) is 22.6. The van der Waals surface area contributed by atoms with Gasteiger partial charge in [-0.2, -0.15) is 13.2 Å². The molecule has 1 spiro atoms. The average Bonchev–Trinajstić information content (AvgIpc) is 3.34. The van der Waals surface area contributed by atoms with E-state index in [1.807, 2.05) is 6.08 Å². The van der Waals surface area contributed by atoms with Crippen molar-refractivity contribution in [3.05, 3.63) is 76.1 Å². The van der Waals surface area contributed by atoms with Crippen LogP contribution in [0.3, 0.4) is 0 Å². The number of pyridine rings is 1. The number of hydrogen-bond donors (Lipinski definition) is 2. The van der Waals surface area contributed by atoms with E-state index in [1.54, 1.807) is 0 Å². The molecule has 2 atom stereocenters. The first-order chi connectivity index (χ1) is 16.7. The average molecular weight is 486 g/mol. The number of alkyl halides is 3. The van der Waals surface area contributed by atoms with E-state index in [1.165, 1.54) is 18.6 Å². The molecular formula is C29H34F3NO2. The van der Waals surface area contributed by atoms with Crippen LogP contribution in [0.2, 0.25) is 0 Å². The fourth-order valence-corrected chi connectivity index (χ4v) is 6.62. The Kier molecular flexibility index (Phi) is 6.56. The van der Waals surface area contributed by atoms with Crippen LogP contribution >= 0.6 is 0 Å². The second-order valence-corrected chi connectivity index (χ2v) is 10.8. The standard InChI is InChI=1S/C29H34F3NO2/c1-2-3-9-21-24-22(16-28(14-6-15-28)17-23(24)34)33-26(18-7-4-5-8-18)25(21)27(35)19-10-12-20(13-11-19)29(30,31)32/h2,10-13,18,23,27,34-35H,1,3-9,14-17H2/t23-,27-/m0/s1. The summed E-state index contributed by atoms with van der Waals surface area (Å²) in [5, 5.41) is 23.0. The SMILES string of the molecule is C=CCCc1c([C@@H](O)c2ccc(C(F)(F)F)cc2)c(C2CCCC2)nc2c1[C@@H](O)CC1(CCC1)C2. The summed E-state index contributed by atoms with van der Waals surface area (Å²) in [5.74, 6) is 0.221. The highest BCUT2D eigenvalue weighted by atomic mass is 19.4. The quantitative estimate of drug-likeness (QED) is 0.429. The molecule has 0 amide bonds. The summed E-state index contributed by atoms with van der Waals surface area (Å²) >= 11 is 0. The lowest BCUT2D eigenvalue weighted by molar-refractivity contribution is -0.137. The molecule has 1 aromatic heterocycles. The van der Waals surface area contributed by atoms with Crippen LogP contribution in [-0.2, 0) is 19.0 Å². The largest absolute Gasteiger partial charge is 0.416 e. The monoisotopic (exact) mass is 485 g/mol. The maximum Gasteiger partial charge on any atom is 0.416 e. The molecule has 35 heavy (non-hydrogen) atoms. The van der Waals surface area contributed by atoms with Crippen LogP contribution < -0.4 is 0 Å². The van der Waals surface area contributed by atoms with E-state index in [2.05, 4.69) is 6.58 Å². The number of aliphatic hydroxyl groups excluding tert-OH is 2. The van der Waals surface area contributed by atoms with E-state index in [4.69, 9.17) is 4.98 Å². The van der Waals surface area contributed by atoms with Crippen molar-refractivity contribution in [2.45, 2.75) is 94.9 Å². The van der Waals surface area contributed by atoms with E-state index in [-0.39, 0.29) is 11.3 Å². The van der Waals surface area contributed by atoms with E-state index in [0.29, 0.717) is 30.4 Å². The van der Waals surface area contributed by atoms with Crippen molar-refractivity contribution in [2.75, 3.05) is 0 Å². The number of aliphatic hydroxyl groups is 2. The molecule has 0 bridgehead atoms. The van der Waals surface area contributed by atoms with E-state index >= 15 is 0 Å². The summed E-state index contributed by atoms with van der Waals surface area (Å²) in [6, 6.07) is 4.78. The maximum absolute atomic E-state index is 13.1. The fraction of sp³-hybridized carbons (Fsp3) is 0.552. The number of halogens is 3. The van der Waals surface area contributed by atoms with Gasteiger partial charge in [0.25, 0.3) is 0 Å². The van der Waals surface area contributed by atoms with Crippen molar-refractivity contribution in [1.29, 1.82) is 0 Å². The summed E-state index contributed by atoms with van der Waals surface area (Å²) in [5.41, 5.74) is 4.12. The van der Waals surface area contributed by atoms with Crippen LogP contribution in [0, 0.1) is 5.41 Å². The Morgan fingerprint density at radius 1 is 1.11 bits per heavy atom. The van der Waals surface area contributed by atoms with Crippen molar-refractivity contribution >= 4 is 0 Å². The molecule has 3 nitrogen and oxygen atoms in total. The number of nitrogens with zero attached hydrogens (tertiary/aromatic N) is 1. The fourth-order valence-electron chi connectivity index (χ4n) is 6.62. The van der Waals surface area contributed by atoms with Crippen molar-refractivity contribution in [1.82, 2.24) is 4.98 Å². The molecule has 0 unspecified atom stereocenters. The van der Waals surface area contributed by atoms with Gasteiger partial charge in [0.2, 0.25) is 0 Å². The molecule has 0 saturated heterocycles. The first kappa shape index (κ1) is 24.5. The zero-order valence-corrected chi connectivity index (χ0v) is 20.1. The van der Waals surface area contributed by atoms with Crippen molar-refractivity contribution in [2.24, 2.45) is 5.41 Å². The molecular weight excluding hydrogens is 451 g/mol. The Morgan fingerprint density at radius 2 is 1.80 bits per heavy atom. The van der Waals surface area contributed by atoms with Crippen LogP contribution in [0.1, 0.15) is 115 Å². The van der Waals surface area contributed by atoms with E-state index < -0.39 is 23.9 Å². The van der Waals surface area contributed by atoms with Crippen LogP contribution in [0.25, 0.3) is 0 Å². The lowest BCUT2D eigenvalue weighted by atomic mass is 9.59. The van der Waals surface area contributed by atoms with Crippen LogP contribution in [-0.4, -0.2) is 15.2 Å². The first-order valence-electron chi connectivity index (χ1n) is 12.9. The number of rotatable bonds is 6. The van der Waals surface area contributed by atoms with Gasteiger partial charge in [-0.25, -0.2) is 0 Å². The molecule has 3 aliphatic rings. The Morgan fingerprint density at radius 3 is 2.37 bits per heavy atom. The Balaban J connectivity index is 1.65. The van der Waals surface area contributed by atoms with Crippen molar-refractivity contribution < 1.29 is 23.4 Å². The van der Waals surface area contributed by atoms with Crippen molar-refractivity contribution in [3.63, 3.8) is 0 Å². The molecule has 0 aliphatic heterocycles. The summed E-state index contributed by atoms with van der Waals surface area (Å²) in [7, 11) is 0. The second-order valence-electron chi connectivity index (χ2n) is 10.8. The zero-order chi connectivity index (χ0) is 24.8. The second kappa shape index (κ2) is 9.36. The molecule has 3 aliphatic carbocycles. The summed E-state index contributed by atoms with van der Waals surface area (Å²) < 4.78 is 39.4. The molecule has 2 fully saturated rings.